The summed E-state index contributed by atoms with van der Waals surface area (Å²) in [4.78, 5) is 12.9. The predicted molar refractivity (Wildman–Crippen MR) is 248 cm³/mol. The van der Waals surface area contributed by atoms with Crippen LogP contribution in [-0.2, 0) is 38.3 Å². The number of aliphatic hydroxyl groups excluding tert-OH is 3. The number of rotatable bonds is 43. The molecule has 0 amide bonds. The van der Waals surface area contributed by atoms with Gasteiger partial charge in [0.1, 0.15) is 30.5 Å². The number of ether oxygens (including phenoxy) is 4. The SMILES string of the molecule is CCCCCC/C=C\CCCCCCCCOCC(COC1OC(CO)C(O)C(OS(=O)(=O)O)C1O)OC(=O)CCCCCCCCCCC/C=C\C/C=C\CCCCCCC. The number of carbonyl (C=O) groups is 1. The van der Waals surface area contributed by atoms with Crippen molar-refractivity contribution in [2.45, 2.75) is 243 Å². The minimum Gasteiger partial charge on any atom is -0.457 e. The summed E-state index contributed by atoms with van der Waals surface area (Å²) in [6, 6.07) is 0. The van der Waals surface area contributed by atoms with E-state index in [4.69, 9.17) is 18.9 Å². The molecule has 6 atom stereocenters. The maximum absolute atomic E-state index is 12.9. The Morgan fingerprint density at radius 3 is 1.56 bits per heavy atom. The fourth-order valence-corrected chi connectivity index (χ4v) is 7.97. The molecule has 0 aromatic heterocycles. The molecule has 4 N–H and O–H groups in total. The molecule has 364 valence electrons. The van der Waals surface area contributed by atoms with Gasteiger partial charge < -0.3 is 34.3 Å². The lowest BCUT2D eigenvalue weighted by Crippen LogP contribution is -2.60. The van der Waals surface area contributed by atoms with Crippen molar-refractivity contribution in [2.75, 3.05) is 26.4 Å². The van der Waals surface area contributed by atoms with Gasteiger partial charge in [-0.1, -0.05) is 166 Å². The Hall–Kier alpha value is -1.68. The van der Waals surface area contributed by atoms with Gasteiger partial charge in [-0.25, -0.2) is 4.18 Å². The van der Waals surface area contributed by atoms with Gasteiger partial charge in [-0.15, -0.1) is 0 Å². The van der Waals surface area contributed by atoms with E-state index < -0.39 is 59.8 Å². The number of unbranched alkanes of at least 4 members (excludes halogenated alkanes) is 24. The molecule has 6 unspecified atom stereocenters. The van der Waals surface area contributed by atoms with Gasteiger partial charge in [-0.2, -0.15) is 8.42 Å². The third-order valence-electron chi connectivity index (χ3n) is 11.2. The van der Waals surface area contributed by atoms with Crippen LogP contribution in [0.2, 0.25) is 0 Å². The van der Waals surface area contributed by atoms with Gasteiger partial charge in [0.25, 0.3) is 0 Å². The van der Waals surface area contributed by atoms with Crippen LogP contribution in [0.1, 0.15) is 206 Å². The van der Waals surface area contributed by atoms with Gasteiger partial charge >= 0.3 is 16.4 Å². The van der Waals surface area contributed by atoms with Crippen LogP contribution < -0.4 is 0 Å². The lowest BCUT2D eigenvalue weighted by atomic mass is 9.99. The summed E-state index contributed by atoms with van der Waals surface area (Å²) in [5, 5.41) is 30.7. The van der Waals surface area contributed by atoms with Crippen LogP contribution in [0.15, 0.2) is 36.5 Å². The standard InChI is InChI=1S/C49H90O12S/c1-3-5-7-9-11-13-15-17-19-20-21-22-23-24-25-26-28-30-32-34-36-38-45(51)59-43(41-57-39-37-35-33-31-29-27-18-16-14-12-10-8-6-4-2)42-58-49-47(53)48(61-62(54,55)56)46(52)44(40-50)60-49/h14-17,20-21,43-44,46-50,52-53H,3-13,18-19,22-42H2,1-2H3,(H,54,55,56)/b16-14-,17-15-,21-20-. The van der Waals surface area contributed by atoms with E-state index in [1.807, 2.05) is 0 Å². The molecule has 0 bridgehead atoms. The third kappa shape index (κ3) is 33.8. The molecule has 0 aromatic rings. The summed E-state index contributed by atoms with van der Waals surface area (Å²) >= 11 is 0. The zero-order valence-corrected chi connectivity index (χ0v) is 39.7. The second-order valence-corrected chi connectivity index (χ2v) is 18.1. The highest BCUT2D eigenvalue weighted by molar-refractivity contribution is 7.80. The van der Waals surface area contributed by atoms with Crippen LogP contribution in [0.5, 0.6) is 0 Å². The molecule has 0 saturated carbocycles. The quantitative estimate of drug-likeness (QED) is 0.0197. The van der Waals surface area contributed by atoms with E-state index in [9.17, 15) is 33.1 Å². The van der Waals surface area contributed by atoms with Gasteiger partial charge in [0.05, 0.1) is 19.8 Å². The van der Waals surface area contributed by atoms with Crippen LogP contribution in [0.4, 0.5) is 0 Å². The Morgan fingerprint density at radius 1 is 0.613 bits per heavy atom. The van der Waals surface area contributed by atoms with Gasteiger partial charge in [0.15, 0.2) is 6.29 Å². The molecule has 1 saturated heterocycles. The Morgan fingerprint density at radius 2 is 1.06 bits per heavy atom. The van der Waals surface area contributed by atoms with Crippen LogP contribution in [-0.4, -0.2) is 97.5 Å². The zero-order chi connectivity index (χ0) is 45.4. The van der Waals surface area contributed by atoms with Gasteiger partial charge in [0.2, 0.25) is 0 Å². The van der Waals surface area contributed by atoms with Crippen molar-refractivity contribution in [3.63, 3.8) is 0 Å². The molecule has 0 radical (unpaired) electrons. The summed E-state index contributed by atoms with van der Waals surface area (Å²) in [5.41, 5.74) is 0. The molecular formula is C49H90O12S. The number of aliphatic hydroxyl groups is 3. The first-order chi connectivity index (χ1) is 30.1. The zero-order valence-electron chi connectivity index (χ0n) is 38.9. The predicted octanol–water partition coefficient (Wildman–Crippen LogP) is 11.0. The lowest BCUT2D eigenvalue weighted by molar-refractivity contribution is -0.301. The van der Waals surface area contributed by atoms with Crippen molar-refractivity contribution in [1.29, 1.82) is 0 Å². The number of hydrogen-bond acceptors (Lipinski definition) is 11. The molecule has 1 heterocycles. The Labute approximate surface area is 377 Å². The van der Waals surface area contributed by atoms with E-state index in [-0.39, 0.29) is 19.6 Å². The lowest BCUT2D eigenvalue weighted by Gasteiger charge is -2.41. The number of hydrogen-bond donors (Lipinski definition) is 4. The van der Waals surface area contributed by atoms with Crippen molar-refractivity contribution >= 4 is 16.4 Å². The second kappa shape index (κ2) is 40.8. The summed E-state index contributed by atoms with van der Waals surface area (Å²) in [7, 11) is -5.06. The van der Waals surface area contributed by atoms with Crippen LogP contribution in [0.25, 0.3) is 0 Å². The van der Waals surface area contributed by atoms with E-state index in [0.29, 0.717) is 13.0 Å². The highest BCUT2D eigenvalue weighted by Gasteiger charge is 2.48. The maximum atomic E-state index is 12.9. The highest BCUT2D eigenvalue weighted by atomic mass is 32.3. The van der Waals surface area contributed by atoms with E-state index in [0.717, 1.165) is 57.8 Å². The number of allylic oxidation sites excluding steroid dienone is 6. The van der Waals surface area contributed by atoms with Gasteiger partial charge in [0, 0.05) is 13.0 Å². The monoisotopic (exact) mass is 903 g/mol. The first kappa shape index (κ1) is 58.3. The number of esters is 1. The second-order valence-electron chi connectivity index (χ2n) is 17.0. The van der Waals surface area contributed by atoms with Gasteiger partial charge in [-0.3, -0.25) is 9.35 Å². The molecule has 0 aromatic carbocycles. The Bertz CT molecular complexity index is 1230. The van der Waals surface area contributed by atoms with Crippen molar-refractivity contribution < 1.29 is 56.2 Å². The normalized spacial score (nSPS) is 20.3. The van der Waals surface area contributed by atoms with Crippen molar-refractivity contribution in [2.24, 2.45) is 0 Å². The summed E-state index contributed by atoms with van der Waals surface area (Å²) in [6.07, 6.45) is 38.9. The average Bonchev–Trinajstić information content (AvgIpc) is 3.24. The van der Waals surface area contributed by atoms with E-state index in [2.05, 4.69) is 54.5 Å². The molecule has 1 aliphatic heterocycles. The topological polar surface area (TPSA) is 178 Å². The molecular weight excluding hydrogens is 813 g/mol. The summed E-state index contributed by atoms with van der Waals surface area (Å²) in [5.74, 6) is -0.405. The molecule has 0 spiro atoms. The molecule has 12 nitrogen and oxygen atoms in total. The summed E-state index contributed by atoms with van der Waals surface area (Å²) in [6.45, 7) is 3.96. The van der Waals surface area contributed by atoms with Gasteiger partial charge in [-0.05, 0) is 70.6 Å². The fourth-order valence-electron chi connectivity index (χ4n) is 7.46. The first-order valence-corrected chi connectivity index (χ1v) is 26.1. The Kier molecular flexibility index (Phi) is 38.4. The molecule has 62 heavy (non-hydrogen) atoms. The van der Waals surface area contributed by atoms with Crippen LogP contribution >= 0.6 is 0 Å². The summed E-state index contributed by atoms with van der Waals surface area (Å²) < 4.78 is 59.1. The van der Waals surface area contributed by atoms with Crippen molar-refractivity contribution in [3.05, 3.63) is 36.5 Å². The van der Waals surface area contributed by atoms with Crippen molar-refractivity contribution in [3.8, 4) is 0 Å². The van der Waals surface area contributed by atoms with Crippen LogP contribution in [0.3, 0.4) is 0 Å². The van der Waals surface area contributed by atoms with E-state index in [1.54, 1.807) is 0 Å². The largest absolute Gasteiger partial charge is 0.457 e. The van der Waals surface area contributed by atoms with Crippen molar-refractivity contribution in [1.82, 2.24) is 0 Å². The third-order valence-corrected chi connectivity index (χ3v) is 11.7. The maximum Gasteiger partial charge on any atom is 0.397 e. The molecule has 1 rings (SSSR count). The van der Waals surface area contributed by atoms with Crippen LogP contribution in [0, 0.1) is 0 Å². The smallest absolute Gasteiger partial charge is 0.397 e. The molecule has 13 heteroatoms. The number of carbonyl (C=O) groups excluding carboxylic acids is 1. The molecule has 1 fully saturated rings. The first-order valence-electron chi connectivity index (χ1n) is 24.7. The average molecular weight is 903 g/mol. The Balaban J connectivity index is 2.37. The minimum atomic E-state index is -5.06. The fraction of sp³-hybridized carbons (Fsp3) is 0.857. The van der Waals surface area contributed by atoms with E-state index >= 15 is 0 Å². The highest BCUT2D eigenvalue weighted by Crippen LogP contribution is 2.26. The minimum absolute atomic E-state index is 0.0310. The molecule has 1 aliphatic rings. The molecule has 0 aliphatic carbocycles. The van der Waals surface area contributed by atoms with E-state index in [1.165, 1.54) is 122 Å².